The van der Waals surface area contributed by atoms with Crippen molar-refractivity contribution in [3.05, 3.63) is 72.1 Å². The normalized spacial score (nSPS) is 15.3. The summed E-state index contributed by atoms with van der Waals surface area (Å²) in [5, 5.41) is 4.90. The molecule has 0 saturated carbocycles. The Balaban J connectivity index is 1.30. The first kappa shape index (κ1) is 39.3. The molecule has 1 saturated heterocycles. The zero-order valence-electron chi connectivity index (χ0n) is 30.5. The number of imidazole rings is 2. The van der Waals surface area contributed by atoms with E-state index < -0.39 is 42.0 Å². The molecule has 54 heavy (non-hydrogen) atoms. The van der Waals surface area contributed by atoms with Crippen molar-refractivity contribution < 1.29 is 41.8 Å². The molecular formula is C37H43F3N8O6. The third kappa shape index (κ3) is 9.01. The number of carbonyl (C=O) groups is 4. The molecule has 0 aliphatic carbocycles. The Morgan fingerprint density at radius 2 is 1.48 bits per heavy atom. The lowest BCUT2D eigenvalue weighted by molar-refractivity contribution is -0.140. The first-order chi connectivity index (χ1) is 25.7. The average molecular weight is 753 g/mol. The number of amides is 4. The fraction of sp³-hybridized carbons (Fsp3) is 0.405. The van der Waals surface area contributed by atoms with E-state index in [1.807, 2.05) is 31.2 Å². The number of rotatable bonds is 12. The summed E-state index contributed by atoms with van der Waals surface area (Å²) in [7, 11) is 2.40. The second-order valence-electron chi connectivity index (χ2n) is 12.9. The molecule has 1 aliphatic heterocycles. The molecule has 4 amide bonds. The van der Waals surface area contributed by atoms with Crippen LogP contribution < -0.4 is 10.6 Å². The zero-order chi connectivity index (χ0) is 39.2. The Bertz CT molecular complexity index is 1940. The van der Waals surface area contributed by atoms with Crippen molar-refractivity contribution >= 4 is 24.0 Å². The molecule has 0 bridgehead atoms. The highest BCUT2D eigenvalue weighted by Crippen LogP contribution is 2.37. The lowest BCUT2D eigenvalue weighted by Gasteiger charge is -2.26. The van der Waals surface area contributed by atoms with Crippen LogP contribution in [-0.2, 0) is 31.8 Å². The number of alkyl halides is 3. The highest BCUT2D eigenvalue weighted by atomic mass is 19.4. The van der Waals surface area contributed by atoms with E-state index in [4.69, 9.17) is 0 Å². The maximum absolute atomic E-state index is 14.2. The Hall–Kier alpha value is -5.87. The number of benzene rings is 2. The van der Waals surface area contributed by atoms with E-state index in [1.54, 1.807) is 42.3 Å². The van der Waals surface area contributed by atoms with Gasteiger partial charge in [0.25, 0.3) is 0 Å². The molecule has 0 spiro atoms. The molecule has 5 rings (SSSR count). The number of likely N-dealkylation sites (tertiary alicyclic amines) is 1. The van der Waals surface area contributed by atoms with Crippen LogP contribution >= 0.6 is 0 Å². The summed E-state index contributed by atoms with van der Waals surface area (Å²) in [5.74, 6) is -0.143. The number of alkyl carbamates (subject to hydrolysis) is 2. The quantitative estimate of drug-likeness (QED) is 0.135. The van der Waals surface area contributed by atoms with Crippen LogP contribution in [0.3, 0.4) is 0 Å². The Morgan fingerprint density at radius 3 is 2.06 bits per heavy atom. The first-order valence-corrected chi connectivity index (χ1v) is 17.4. The molecule has 4 N–H and O–H groups in total. The Labute approximate surface area is 309 Å². The van der Waals surface area contributed by atoms with Crippen LogP contribution in [0.2, 0.25) is 0 Å². The third-order valence-corrected chi connectivity index (χ3v) is 9.10. The van der Waals surface area contributed by atoms with Gasteiger partial charge in [0.2, 0.25) is 11.8 Å². The van der Waals surface area contributed by atoms with Gasteiger partial charge in [0.05, 0.1) is 44.4 Å². The fourth-order valence-electron chi connectivity index (χ4n) is 6.39. The third-order valence-electron chi connectivity index (χ3n) is 9.10. The second-order valence-corrected chi connectivity index (χ2v) is 12.9. The number of aromatic nitrogens is 4. The minimum atomic E-state index is -4.77. The predicted octanol–water partition coefficient (Wildman–Crippen LogP) is 6.04. The van der Waals surface area contributed by atoms with E-state index in [-0.39, 0.29) is 42.1 Å². The number of nitrogens with one attached hydrogen (secondary N) is 4. The van der Waals surface area contributed by atoms with Gasteiger partial charge in [-0.05, 0) is 49.8 Å². The highest BCUT2D eigenvalue weighted by Gasteiger charge is 2.38. The monoisotopic (exact) mass is 752 g/mol. The van der Waals surface area contributed by atoms with Crippen molar-refractivity contribution in [1.29, 1.82) is 0 Å². The van der Waals surface area contributed by atoms with Gasteiger partial charge in [0.15, 0.2) is 5.69 Å². The SMILES string of the molecule is CCCN(Cc1nc(C(F)(F)F)c(-c2ccc(-c3ccc(-c4cnc([C@@H]5CCCN5C(=O)[C@H](C)NC(=O)OC)[nH]4)cc3)cc2)[nH]1)C(=O)[C@H](C)NC(=O)OC. The standard InChI is InChI=1S/C37H43F3N8O6/c1-6-17-47(33(49)21(2)42-35(51)53-4)20-29-45-30(31(46-29)37(38,39)40)26-15-11-24(12-16-26)23-9-13-25(14-10-23)27-19-41-32(44-27)28-8-7-18-48(28)34(50)22(3)43-36(52)54-5/h9-16,19,21-22,28H,6-8,17-18,20H2,1-5H3,(H,41,44)(H,42,51)(H,43,52)(H,45,46)/t21-,22-,28-/m0/s1. The number of ether oxygens (including phenoxy) is 2. The van der Waals surface area contributed by atoms with E-state index in [1.165, 1.54) is 18.9 Å². The molecule has 14 nitrogen and oxygen atoms in total. The fourth-order valence-corrected chi connectivity index (χ4v) is 6.39. The maximum Gasteiger partial charge on any atom is 0.435 e. The number of carbonyl (C=O) groups excluding carboxylic acids is 4. The summed E-state index contributed by atoms with van der Waals surface area (Å²) in [5.41, 5.74) is 2.12. The summed E-state index contributed by atoms with van der Waals surface area (Å²) in [4.78, 5) is 66.9. The number of halogens is 3. The summed E-state index contributed by atoms with van der Waals surface area (Å²) >= 11 is 0. The lowest BCUT2D eigenvalue weighted by Crippen LogP contribution is -2.47. The Morgan fingerprint density at radius 1 is 0.907 bits per heavy atom. The van der Waals surface area contributed by atoms with Crippen LogP contribution in [0, 0.1) is 0 Å². The molecule has 17 heteroatoms. The van der Waals surface area contributed by atoms with Gasteiger partial charge >= 0.3 is 18.4 Å². The van der Waals surface area contributed by atoms with Crippen LogP contribution in [-0.4, -0.2) is 93.1 Å². The zero-order valence-corrected chi connectivity index (χ0v) is 30.5. The minimum absolute atomic E-state index is 0.0524. The minimum Gasteiger partial charge on any atom is -0.453 e. The molecular weight excluding hydrogens is 709 g/mol. The molecule has 1 fully saturated rings. The summed E-state index contributed by atoms with van der Waals surface area (Å²) in [6.07, 6.45) is -2.52. The Kier molecular flexibility index (Phi) is 12.3. The highest BCUT2D eigenvalue weighted by molar-refractivity contribution is 5.86. The van der Waals surface area contributed by atoms with E-state index in [0.717, 1.165) is 42.3 Å². The largest absolute Gasteiger partial charge is 0.453 e. The van der Waals surface area contributed by atoms with Crippen LogP contribution in [0.5, 0.6) is 0 Å². The molecule has 3 heterocycles. The van der Waals surface area contributed by atoms with Crippen molar-refractivity contribution in [1.82, 2.24) is 40.4 Å². The van der Waals surface area contributed by atoms with E-state index in [0.29, 0.717) is 18.8 Å². The number of H-pyrrole nitrogens is 2. The molecule has 3 atom stereocenters. The van der Waals surface area contributed by atoms with Crippen molar-refractivity contribution in [2.24, 2.45) is 0 Å². The summed E-state index contributed by atoms with van der Waals surface area (Å²) in [6, 6.07) is 12.2. The molecule has 0 radical (unpaired) electrons. The number of hydrogen-bond donors (Lipinski definition) is 4. The van der Waals surface area contributed by atoms with Gasteiger partial charge in [-0.1, -0.05) is 55.5 Å². The van der Waals surface area contributed by atoms with Crippen molar-refractivity contribution in [3.63, 3.8) is 0 Å². The molecule has 0 unspecified atom stereocenters. The van der Waals surface area contributed by atoms with Crippen molar-refractivity contribution in [2.75, 3.05) is 27.3 Å². The van der Waals surface area contributed by atoms with Gasteiger partial charge in [-0.3, -0.25) is 9.59 Å². The molecule has 2 aromatic heterocycles. The second kappa shape index (κ2) is 16.9. The molecule has 288 valence electrons. The smallest absolute Gasteiger partial charge is 0.435 e. The molecule has 1 aliphatic rings. The maximum atomic E-state index is 14.2. The number of aromatic amines is 2. The van der Waals surface area contributed by atoms with Crippen molar-refractivity contribution in [3.8, 4) is 33.6 Å². The van der Waals surface area contributed by atoms with Gasteiger partial charge in [-0.15, -0.1) is 0 Å². The molecule has 2 aromatic carbocycles. The van der Waals surface area contributed by atoms with Gasteiger partial charge in [0, 0.05) is 18.7 Å². The predicted molar refractivity (Wildman–Crippen MR) is 191 cm³/mol. The van der Waals surface area contributed by atoms with Crippen LogP contribution in [0.1, 0.15) is 63.4 Å². The van der Waals surface area contributed by atoms with E-state index in [9.17, 15) is 32.3 Å². The topological polar surface area (TPSA) is 175 Å². The van der Waals surface area contributed by atoms with Gasteiger partial charge < -0.3 is 39.9 Å². The summed E-state index contributed by atoms with van der Waals surface area (Å²) in [6.45, 7) is 5.43. The van der Waals surface area contributed by atoms with Crippen molar-refractivity contribution in [2.45, 2.75) is 70.9 Å². The van der Waals surface area contributed by atoms with E-state index >= 15 is 0 Å². The van der Waals surface area contributed by atoms with Gasteiger partial charge in [0.1, 0.15) is 23.7 Å². The van der Waals surface area contributed by atoms with Crippen LogP contribution in [0.25, 0.3) is 33.6 Å². The van der Waals surface area contributed by atoms with Crippen LogP contribution in [0.15, 0.2) is 54.7 Å². The number of nitrogens with zero attached hydrogens (tertiary/aromatic N) is 4. The summed E-state index contributed by atoms with van der Waals surface area (Å²) < 4.78 is 51.7. The lowest BCUT2D eigenvalue weighted by atomic mass is 10.0. The first-order valence-electron chi connectivity index (χ1n) is 17.4. The van der Waals surface area contributed by atoms with E-state index in [2.05, 4.69) is 40.0 Å². The number of hydrogen-bond acceptors (Lipinski definition) is 8. The molecule has 4 aromatic rings. The number of methoxy groups -OCH3 is 2. The average Bonchev–Trinajstić information content (AvgIpc) is 3.94. The van der Waals surface area contributed by atoms with Gasteiger partial charge in [-0.2, -0.15) is 13.2 Å². The van der Waals surface area contributed by atoms with Crippen LogP contribution in [0.4, 0.5) is 22.8 Å². The van der Waals surface area contributed by atoms with Gasteiger partial charge in [-0.25, -0.2) is 19.6 Å².